The van der Waals surface area contributed by atoms with Crippen LogP contribution < -0.4 is 5.32 Å². The van der Waals surface area contributed by atoms with Crippen LogP contribution >= 0.6 is 23.2 Å². The smallest absolute Gasteiger partial charge is 0.243 e. The second-order valence-corrected chi connectivity index (χ2v) is 9.85. The van der Waals surface area contributed by atoms with Crippen molar-refractivity contribution in [2.75, 3.05) is 0 Å². The molecular formula is C27H34Cl2N2O2. The van der Waals surface area contributed by atoms with Crippen molar-refractivity contribution in [2.45, 2.75) is 83.8 Å². The molecule has 3 rings (SSSR count). The van der Waals surface area contributed by atoms with E-state index in [9.17, 15) is 9.59 Å². The highest BCUT2D eigenvalue weighted by Gasteiger charge is 2.30. The molecule has 0 bridgehead atoms. The van der Waals surface area contributed by atoms with Gasteiger partial charge >= 0.3 is 0 Å². The van der Waals surface area contributed by atoms with E-state index in [1.807, 2.05) is 19.9 Å². The maximum atomic E-state index is 13.4. The summed E-state index contributed by atoms with van der Waals surface area (Å²) in [5.74, 6) is -0.120. The number of halogens is 2. The Kier molecular flexibility index (Phi) is 9.64. The van der Waals surface area contributed by atoms with E-state index in [-0.39, 0.29) is 24.4 Å². The van der Waals surface area contributed by atoms with Crippen LogP contribution in [0, 0.1) is 6.92 Å². The summed E-state index contributed by atoms with van der Waals surface area (Å²) in [5, 5.41) is 4.25. The van der Waals surface area contributed by atoms with E-state index in [1.165, 1.54) is 12.0 Å². The van der Waals surface area contributed by atoms with E-state index < -0.39 is 6.04 Å². The lowest BCUT2D eigenvalue weighted by atomic mass is 9.95. The number of aryl methyl sites for hydroxylation is 2. The highest BCUT2D eigenvalue weighted by atomic mass is 35.5. The molecule has 0 heterocycles. The van der Waals surface area contributed by atoms with E-state index in [0.717, 1.165) is 36.8 Å². The summed E-state index contributed by atoms with van der Waals surface area (Å²) in [6.07, 6.45) is 7.02. The average molecular weight is 489 g/mol. The highest BCUT2D eigenvalue weighted by Crippen LogP contribution is 2.25. The van der Waals surface area contributed by atoms with E-state index in [2.05, 4.69) is 29.6 Å². The first-order valence-electron chi connectivity index (χ1n) is 12.0. The number of carbonyl (C=O) groups is 2. The normalized spacial score (nSPS) is 15.2. The Bertz CT molecular complexity index is 940. The number of carbonyl (C=O) groups excluding carboxylic acids is 2. The van der Waals surface area contributed by atoms with Crippen LogP contribution in [-0.4, -0.2) is 28.8 Å². The van der Waals surface area contributed by atoms with Gasteiger partial charge in [0.25, 0.3) is 0 Å². The van der Waals surface area contributed by atoms with Crippen LogP contribution in [0.5, 0.6) is 0 Å². The van der Waals surface area contributed by atoms with Crippen LogP contribution in [0.15, 0.2) is 42.5 Å². The summed E-state index contributed by atoms with van der Waals surface area (Å²) < 4.78 is 0. The zero-order chi connectivity index (χ0) is 23.8. The monoisotopic (exact) mass is 488 g/mol. The zero-order valence-electron chi connectivity index (χ0n) is 19.6. The lowest BCUT2D eigenvalue weighted by Gasteiger charge is -2.33. The van der Waals surface area contributed by atoms with Crippen molar-refractivity contribution in [3.8, 4) is 0 Å². The number of benzene rings is 2. The lowest BCUT2D eigenvalue weighted by Crippen LogP contribution is -2.51. The van der Waals surface area contributed by atoms with Gasteiger partial charge in [0.15, 0.2) is 0 Å². The molecular weight excluding hydrogens is 455 g/mol. The number of rotatable bonds is 9. The number of hydrogen-bond donors (Lipinski definition) is 1. The van der Waals surface area contributed by atoms with E-state index in [4.69, 9.17) is 23.2 Å². The van der Waals surface area contributed by atoms with Crippen molar-refractivity contribution in [1.29, 1.82) is 0 Å². The molecule has 1 atom stereocenters. The summed E-state index contributed by atoms with van der Waals surface area (Å²) >= 11 is 12.5. The van der Waals surface area contributed by atoms with Gasteiger partial charge in [-0.2, -0.15) is 0 Å². The van der Waals surface area contributed by atoms with Crippen LogP contribution in [-0.2, 0) is 22.6 Å². The topological polar surface area (TPSA) is 49.4 Å². The van der Waals surface area contributed by atoms with E-state index >= 15 is 0 Å². The molecule has 178 valence electrons. The number of hydrogen-bond acceptors (Lipinski definition) is 2. The Morgan fingerprint density at radius 3 is 2.39 bits per heavy atom. The number of nitrogens with zero attached hydrogens (tertiary/aromatic N) is 1. The van der Waals surface area contributed by atoms with Crippen LogP contribution in [0.1, 0.15) is 68.6 Å². The molecule has 1 fully saturated rings. The lowest BCUT2D eigenvalue weighted by molar-refractivity contribution is -0.141. The van der Waals surface area contributed by atoms with Crippen molar-refractivity contribution in [3.05, 3.63) is 69.2 Å². The zero-order valence-corrected chi connectivity index (χ0v) is 21.1. The molecule has 1 aliphatic rings. The van der Waals surface area contributed by atoms with Crippen molar-refractivity contribution < 1.29 is 9.59 Å². The minimum absolute atomic E-state index is 0.0489. The van der Waals surface area contributed by atoms with Crippen LogP contribution in [0.4, 0.5) is 0 Å². The first-order chi connectivity index (χ1) is 15.9. The van der Waals surface area contributed by atoms with Crippen molar-refractivity contribution in [3.63, 3.8) is 0 Å². The third-order valence-corrected chi connectivity index (χ3v) is 7.03. The molecule has 2 amide bonds. The van der Waals surface area contributed by atoms with Gasteiger partial charge in [-0.3, -0.25) is 9.59 Å². The third-order valence-electron chi connectivity index (χ3n) is 6.44. The van der Waals surface area contributed by atoms with Gasteiger partial charge in [-0.25, -0.2) is 0 Å². The Balaban J connectivity index is 1.77. The quantitative estimate of drug-likeness (QED) is 0.438. The van der Waals surface area contributed by atoms with Gasteiger partial charge in [-0.1, -0.05) is 85.3 Å². The van der Waals surface area contributed by atoms with Gasteiger partial charge in [0.2, 0.25) is 11.8 Å². The minimum Gasteiger partial charge on any atom is -0.352 e. The molecule has 0 aromatic heterocycles. The predicted octanol–water partition coefficient (Wildman–Crippen LogP) is 6.49. The van der Waals surface area contributed by atoms with Gasteiger partial charge in [0.05, 0.1) is 0 Å². The molecule has 0 spiro atoms. The molecule has 4 nitrogen and oxygen atoms in total. The van der Waals surface area contributed by atoms with Crippen LogP contribution in [0.25, 0.3) is 0 Å². The molecule has 6 heteroatoms. The van der Waals surface area contributed by atoms with Crippen molar-refractivity contribution >= 4 is 35.0 Å². The molecule has 0 saturated heterocycles. The maximum Gasteiger partial charge on any atom is 0.243 e. The average Bonchev–Trinajstić information content (AvgIpc) is 2.80. The Labute approximate surface area is 207 Å². The Hall–Kier alpha value is -2.04. The first kappa shape index (κ1) is 25.6. The van der Waals surface area contributed by atoms with Crippen LogP contribution in [0.2, 0.25) is 10.0 Å². The molecule has 1 saturated carbocycles. The second-order valence-electron chi connectivity index (χ2n) is 9.01. The highest BCUT2D eigenvalue weighted by molar-refractivity contribution is 6.35. The largest absolute Gasteiger partial charge is 0.352 e. The Morgan fingerprint density at radius 1 is 1.06 bits per heavy atom. The molecule has 2 aromatic rings. The van der Waals surface area contributed by atoms with Gasteiger partial charge in [-0.15, -0.1) is 0 Å². The maximum absolute atomic E-state index is 13.4. The summed E-state index contributed by atoms with van der Waals surface area (Å²) in [4.78, 5) is 28.4. The van der Waals surface area contributed by atoms with Gasteiger partial charge in [0.1, 0.15) is 6.04 Å². The number of amides is 2. The first-order valence-corrected chi connectivity index (χ1v) is 12.7. The van der Waals surface area contributed by atoms with E-state index in [1.54, 1.807) is 17.0 Å². The molecule has 1 unspecified atom stereocenters. The van der Waals surface area contributed by atoms with Crippen LogP contribution in [0.3, 0.4) is 0 Å². The van der Waals surface area contributed by atoms with Gasteiger partial charge in [0, 0.05) is 29.1 Å². The number of nitrogens with one attached hydrogen (secondary N) is 1. The van der Waals surface area contributed by atoms with Gasteiger partial charge < -0.3 is 10.2 Å². The second kappa shape index (κ2) is 12.4. The molecule has 0 aliphatic heterocycles. The molecule has 0 radical (unpaired) electrons. The molecule has 1 N–H and O–H groups in total. The summed E-state index contributed by atoms with van der Waals surface area (Å²) in [6, 6.07) is 13.1. The fourth-order valence-corrected chi connectivity index (χ4v) is 4.92. The third kappa shape index (κ3) is 7.48. The molecule has 1 aliphatic carbocycles. The summed E-state index contributed by atoms with van der Waals surface area (Å²) in [7, 11) is 0. The fourth-order valence-electron chi connectivity index (χ4n) is 4.45. The van der Waals surface area contributed by atoms with E-state index in [0.29, 0.717) is 29.3 Å². The molecule has 33 heavy (non-hydrogen) atoms. The standard InChI is InChI=1S/C27H34Cl2N2O2/c1-3-25(27(33)30-23-7-5-4-6-8-23)31(18-21-14-15-22(28)17-24(21)29)26(32)16-13-20-11-9-19(2)10-12-20/h9-12,14-15,17,23,25H,3-8,13,16,18H2,1-2H3,(H,30,33). The fraction of sp³-hybridized carbons (Fsp3) is 0.481. The summed E-state index contributed by atoms with van der Waals surface area (Å²) in [6.45, 7) is 4.28. The predicted molar refractivity (Wildman–Crippen MR) is 136 cm³/mol. The summed E-state index contributed by atoms with van der Waals surface area (Å²) in [5.41, 5.74) is 3.08. The van der Waals surface area contributed by atoms with Gasteiger partial charge in [-0.05, 0) is 55.9 Å². The molecule has 2 aromatic carbocycles. The van der Waals surface area contributed by atoms with Crippen molar-refractivity contribution in [1.82, 2.24) is 10.2 Å². The SMILES string of the molecule is CCC(C(=O)NC1CCCCC1)N(Cc1ccc(Cl)cc1Cl)C(=O)CCc1ccc(C)cc1. The minimum atomic E-state index is -0.538. The Morgan fingerprint density at radius 2 is 1.76 bits per heavy atom. The van der Waals surface area contributed by atoms with Crippen molar-refractivity contribution in [2.24, 2.45) is 0 Å².